The van der Waals surface area contributed by atoms with Gasteiger partial charge in [-0.2, -0.15) is 10.2 Å². The molecule has 8 nitrogen and oxygen atoms in total. The maximum atomic E-state index is 12.7. The molecule has 9 heteroatoms. The number of rotatable bonds is 5. The number of aromatic nitrogens is 5. The molecule has 0 unspecified atom stereocenters. The van der Waals surface area contributed by atoms with Crippen molar-refractivity contribution in [3.63, 3.8) is 0 Å². The molecule has 0 aromatic carbocycles. The molecule has 3 rings (SSSR count). The smallest absolute Gasteiger partial charge is 0.244 e. The maximum Gasteiger partial charge on any atom is 0.244 e. The fraction of sp³-hybridized carbons (Fsp3) is 0.667. The molecule has 0 amide bonds. The van der Waals surface area contributed by atoms with Crippen molar-refractivity contribution in [1.82, 2.24) is 29.3 Å². The lowest BCUT2D eigenvalue weighted by Gasteiger charge is -2.22. The largest absolute Gasteiger partial charge is 0.269 e. The molecule has 1 aliphatic rings. The van der Waals surface area contributed by atoms with Crippen LogP contribution in [0.2, 0.25) is 0 Å². The molecule has 1 aliphatic heterocycles. The molecule has 0 aliphatic carbocycles. The Morgan fingerprint density at radius 2 is 2.04 bits per heavy atom. The fourth-order valence-electron chi connectivity index (χ4n) is 2.72. The van der Waals surface area contributed by atoms with E-state index < -0.39 is 10.0 Å². The van der Waals surface area contributed by atoms with Gasteiger partial charge in [0.15, 0.2) is 5.82 Å². The Kier molecular flexibility index (Phi) is 4.48. The molecule has 0 saturated heterocycles. The van der Waals surface area contributed by atoms with Crippen molar-refractivity contribution in [3.05, 3.63) is 24.0 Å². The number of aryl methyl sites for hydroxylation is 1. The van der Waals surface area contributed by atoms with E-state index in [1.807, 2.05) is 32.4 Å². The second-order valence-corrected chi connectivity index (χ2v) is 8.49. The van der Waals surface area contributed by atoms with Crippen molar-refractivity contribution in [2.45, 2.75) is 70.0 Å². The van der Waals surface area contributed by atoms with E-state index in [9.17, 15) is 8.42 Å². The Labute approximate surface area is 142 Å². The van der Waals surface area contributed by atoms with Crippen LogP contribution < -0.4 is 4.72 Å². The third-order valence-electron chi connectivity index (χ3n) is 4.12. The highest BCUT2D eigenvalue weighted by molar-refractivity contribution is 7.89. The lowest BCUT2D eigenvalue weighted by molar-refractivity contribution is 0.399. The van der Waals surface area contributed by atoms with Crippen molar-refractivity contribution in [3.8, 4) is 0 Å². The normalized spacial score (nSPS) is 18.3. The summed E-state index contributed by atoms with van der Waals surface area (Å²) < 4.78 is 31.6. The average Bonchev–Trinajstić information content (AvgIpc) is 3.15. The molecule has 2 aromatic rings. The first-order valence-corrected chi connectivity index (χ1v) is 9.77. The second kappa shape index (κ2) is 6.29. The predicted molar refractivity (Wildman–Crippen MR) is 89.0 cm³/mol. The Morgan fingerprint density at radius 3 is 2.67 bits per heavy atom. The fourth-order valence-corrected chi connectivity index (χ4v) is 3.89. The molecule has 132 valence electrons. The van der Waals surface area contributed by atoms with Crippen LogP contribution in [-0.4, -0.2) is 33.0 Å². The monoisotopic (exact) mass is 352 g/mol. The van der Waals surface area contributed by atoms with Crippen LogP contribution in [0.4, 0.5) is 0 Å². The van der Waals surface area contributed by atoms with Gasteiger partial charge in [-0.25, -0.2) is 22.8 Å². The molecule has 3 heterocycles. The summed E-state index contributed by atoms with van der Waals surface area (Å²) in [4.78, 5) is 4.72. The minimum Gasteiger partial charge on any atom is -0.269 e. The zero-order valence-electron chi connectivity index (χ0n) is 14.5. The van der Waals surface area contributed by atoms with Gasteiger partial charge in [-0.15, -0.1) is 0 Å². The topological polar surface area (TPSA) is 94.7 Å². The molecule has 0 saturated carbocycles. The van der Waals surface area contributed by atoms with Gasteiger partial charge in [0.2, 0.25) is 10.0 Å². The summed E-state index contributed by atoms with van der Waals surface area (Å²) in [5, 5.41) is 8.60. The van der Waals surface area contributed by atoms with Crippen molar-refractivity contribution in [2.75, 3.05) is 0 Å². The molecular formula is C15H24N6O2S. The number of hydrogen-bond acceptors (Lipinski definition) is 5. The Bertz CT molecular complexity index is 821. The maximum absolute atomic E-state index is 12.7. The highest BCUT2D eigenvalue weighted by Crippen LogP contribution is 2.26. The van der Waals surface area contributed by atoms with E-state index in [0.717, 1.165) is 18.8 Å². The molecule has 0 bridgehead atoms. The van der Waals surface area contributed by atoms with Gasteiger partial charge in [-0.1, -0.05) is 13.8 Å². The first-order valence-electron chi connectivity index (χ1n) is 8.29. The van der Waals surface area contributed by atoms with Crippen molar-refractivity contribution >= 4 is 10.0 Å². The minimum absolute atomic E-state index is 0.111. The summed E-state index contributed by atoms with van der Waals surface area (Å²) in [5.74, 6) is 1.66. The van der Waals surface area contributed by atoms with E-state index in [1.165, 1.54) is 6.20 Å². The van der Waals surface area contributed by atoms with E-state index in [4.69, 9.17) is 0 Å². The number of sulfonamides is 1. The molecule has 2 aromatic heterocycles. The van der Waals surface area contributed by atoms with E-state index in [1.54, 1.807) is 10.9 Å². The lowest BCUT2D eigenvalue weighted by Crippen LogP contribution is -2.33. The minimum atomic E-state index is -3.64. The summed E-state index contributed by atoms with van der Waals surface area (Å²) in [6, 6.07) is -0.244. The Balaban J connectivity index is 1.86. The quantitative estimate of drug-likeness (QED) is 0.888. The van der Waals surface area contributed by atoms with Crippen LogP contribution in [0.3, 0.4) is 0 Å². The first-order chi connectivity index (χ1) is 11.3. The Morgan fingerprint density at radius 1 is 1.29 bits per heavy atom. The van der Waals surface area contributed by atoms with Gasteiger partial charge in [0, 0.05) is 24.7 Å². The van der Waals surface area contributed by atoms with E-state index in [0.29, 0.717) is 12.2 Å². The van der Waals surface area contributed by atoms with Crippen LogP contribution in [0.1, 0.15) is 70.2 Å². The molecule has 24 heavy (non-hydrogen) atoms. The number of nitrogens with one attached hydrogen (secondary N) is 1. The van der Waals surface area contributed by atoms with Crippen LogP contribution in [0, 0.1) is 0 Å². The van der Waals surface area contributed by atoms with Crippen LogP contribution in [0.15, 0.2) is 17.3 Å². The van der Waals surface area contributed by atoms with Gasteiger partial charge in [0.1, 0.15) is 10.7 Å². The number of hydrogen-bond donors (Lipinski definition) is 1. The van der Waals surface area contributed by atoms with Crippen molar-refractivity contribution < 1.29 is 8.42 Å². The zero-order valence-corrected chi connectivity index (χ0v) is 15.3. The van der Waals surface area contributed by atoms with Gasteiger partial charge in [0.25, 0.3) is 0 Å². The van der Waals surface area contributed by atoms with Gasteiger partial charge in [-0.3, -0.25) is 4.68 Å². The van der Waals surface area contributed by atoms with Crippen LogP contribution in [-0.2, 0) is 16.6 Å². The van der Waals surface area contributed by atoms with Gasteiger partial charge >= 0.3 is 0 Å². The summed E-state index contributed by atoms with van der Waals surface area (Å²) in [5.41, 5.74) is 0. The summed E-state index contributed by atoms with van der Waals surface area (Å²) in [6.45, 7) is 8.74. The number of fused-ring (bicyclic) bond motifs is 1. The molecule has 0 spiro atoms. The van der Waals surface area contributed by atoms with E-state index in [2.05, 4.69) is 19.9 Å². The van der Waals surface area contributed by atoms with Gasteiger partial charge in [-0.05, 0) is 26.7 Å². The summed E-state index contributed by atoms with van der Waals surface area (Å²) in [7, 11) is -3.64. The average molecular weight is 352 g/mol. The molecule has 1 N–H and O–H groups in total. The third-order valence-corrected chi connectivity index (χ3v) is 5.55. The summed E-state index contributed by atoms with van der Waals surface area (Å²) >= 11 is 0. The SMILES string of the molecule is CC(C)c1nc2n(n1)CCC[C@H]2NS(=O)(=O)c1cnn(C(C)C)c1. The number of nitrogens with zero attached hydrogens (tertiary/aromatic N) is 5. The second-order valence-electron chi connectivity index (χ2n) is 6.77. The van der Waals surface area contributed by atoms with Crippen LogP contribution in [0.25, 0.3) is 0 Å². The first kappa shape index (κ1) is 17.1. The van der Waals surface area contributed by atoms with Crippen molar-refractivity contribution in [2.24, 2.45) is 0 Å². The highest BCUT2D eigenvalue weighted by Gasteiger charge is 2.30. The van der Waals surface area contributed by atoms with Crippen LogP contribution >= 0.6 is 0 Å². The Hall–Kier alpha value is -1.74. The summed E-state index contributed by atoms with van der Waals surface area (Å²) in [6.07, 6.45) is 4.52. The van der Waals surface area contributed by atoms with Crippen molar-refractivity contribution in [1.29, 1.82) is 0 Å². The molecule has 1 atom stereocenters. The zero-order chi connectivity index (χ0) is 17.5. The predicted octanol–water partition coefficient (Wildman–Crippen LogP) is 1.99. The molecule has 0 fully saturated rings. The highest BCUT2D eigenvalue weighted by atomic mass is 32.2. The molecule has 0 radical (unpaired) electrons. The van der Waals surface area contributed by atoms with Gasteiger partial charge < -0.3 is 0 Å². The van der Waals surface area contributed by atoms with Gasteiger partial charge in [0.05, 0.1) is 12.2 Å². The standard InChI is InChI=1S/C15H24N6O2S/c1-10(2)14-17-15-13(6-5-7-20(15)18-14)19-24(22,23)12-8-16-21(9-12)11(3)4/h8-11,13,19H,5-7H2,1-4H3/t13-/m1/s1. The lowest BCUT2D eigenvalue weighted by atomic mass is 10.1. The molecular weight excluding hydrogens is 328 g/mol. The van der Waals surface area contributed by atoms with Crippen LogP contribution in [0.5, 0.6) is 0 Å². The third kappa shape index (κ3) is 3.23. The van der Waals surface area contributed by atoms with E-state index in [-0.39, 0.29) is 22.9 Å². The van der Waals surface area contributed by atoms with E-state index >= 15 is 0 Å².